The predicted octanol–water partition coefficient (Wildman–Crippen LogP) is 2.28. The summed E-state index contributed by atoms with van der Waals surface area (Å²) in [6.07, 6.45) is 3.02. The number of hydrogen-bond donors (Lipinski definition) is 2. The van der Waals surface area contributed by atoms with Crippen molar-refractivity contribution in [2.75, 3.05) is 25.0 Å². The number of nitrogens with one attached hydrogen (secondary N) is 2. The van der Waals surface area contributed by atoms with Crippen LogP contribution >= 0.6 is 0 Å². The third-order valence-electron chi connectivity index (χ3n) is 2.21. The smallest absolute Gasteiger partial charge is 0.168 e. The second-order valence-corrected chi connectivity index (χ2v) is 4.15. The number of hydrogen-bond acceptors (Lipinski definition) is 4. The van der Waals surface area contributed by atoms with E-state index in [9.17, 15) is 0 Å². The summed E-state index contributed by atoms with van der Waals surface area (Å²) in [6.45, 7) is 9.09. The Morgan fingerprint density at radius 1 is 1.35 bits per heavy atom. The summed E-state index contributed by atoms with van der Waals surface area (Å²) in [7, 11) is 0. The van der Waals surface area contributed by atoms with Crippen molar-refractivity contribution < 1.29 is 4.74 Å². The van der Waals surface area contributed by atoms with Gasteiger partial charge < -0.3 is 15.4 Å². The van der Waals surface area contributed by atoms with Crippen LogP contribution in [-0.2, 0) is 0 Å². The molecule has 0 aliphatic carbocycles. The summed E-state index contributed by atoms with van der Waals surface area (Å²) in [4.78, 5) is 4.29. The highest BCUT2D eigenvalue weighted by Gasteiger charge is 2.05. The van der Waals surface area contributed by atoms with Crippen molar-refractivity contribution in [2.45, 2.75) is 33.3 Å². The molecule has 0 aliphatic heterocycles. The molecule has 0 saturated carbocycles. The molecule has 0 aromatic carbocycles. The third-order valence-corrected chi connectivity index (χ3v) is 2.21. The molecule has 1 aromatic heterocycles. The first kappa shape index (κ1) is 13.8. The Balaban J connectivity index is 2.40. The zero-order valence-corrected chi connectivity index (χ0v) is 11.0. The van der Waals surface area contributed by atoms with Gasteiger partial charge in [-0.25, -0.2) is 4.98 Å². The number of anilines is 1. The van der Waals surface area contributed by atoms with Gasteiger partial charge in [-0.05, 0) is 45.5 Å². The molecule has 2 N–H and O–H groups in total. The third kappa shape index (κ3) is 5.54. The molecule has 0 fully saturated rings. The lowest BCUT2D eigenvalue weighted by Crippen LogP contribution is -2.18. The number of rotatable bonds is 8. The molecule has 0 spiro atoms. The van der Waals surface area contributed by atoms with Crippen LogP contribution in [0.4, 0.5) is 5.82 Å². The highest BCUT2D eigenvalue weighted by Crippen LogP contribution is 2.21. The van der Waals surface area contributed by atoms with Gasteiger partial charge in [0.15, 0.2) is 11.6 Å². The Kier molecular flexibility index (Phi) is 6.40. The molecule has 1 heterocycles. The van der Waals surface area contributed by atoms with Crippen molar-refractivity contribution in [3.8, 4) is 5.75 Å². The summed E-state index contributed by atoms with van der Waals surface area (Å²) >= 11 is 0. The van der Waals surface area contributed by atoms with Crippen LogP contribution < -0.4 is 15.4 Å². The van der Waals surface area contributed by atoms with Crippen LogP contribution in [0, 0.1) is 0 Å². The molecule has 0 aliphatic rings. The van der Waals surface area contributed by atoms with Crippen molar-refractivity contribution in [3.05, 3.63) is 18.3 Å². The van der Waals surface area contributed by atoms with E-state index in [1.54, 1.807) is 6.20 Å². The Morgan fingerprint density at radius 2 is 2.18 bits per heavy atom. The number of nitrogens with zero attached hydrogens (tertiary/aromatic N) is 1. The van der Waals surface area contributed by atoms with Gasteiger partial charge in [0.2, 0.25) is 0 Å². The maximum atomic E-state index is 5.68. The largest absolute Gasteiger partial charge is 0.487 e. The first-order valence-corrected chi connectivity index (χ1v) is 6.30. The van der Waals surface area contributed by atoms with E-state index in [1.165, 1.54) is 0 Å². The highest BCUT2D eigenvalue weighted by atomic mass is 16.5. The molecular formula is C13H23N3O. The van der Waals surface area contributed by atoms with Crippen LogP contribution in [-0.4, -0.2) is 30.7 Å². The summed E-state index contributed by atoms with van der Waals surface area (Å²) in [5.41, 5.74) is 0. The molecule has 0 bridgehead atoms. The van der Waals surface area contributed by atoms with Crippen LogP contribution in [0.25, 0.3) is 0 Å². The summed E-state index contributed by atoms with van der Waals surface area (Å²) in [6, 6.07) is 3.83. The molecular weight excluding hydrogens is 214 g/mol. The number of aromatic nitrogens is 1. The van der Waals surface area contributed by atoms with E-state index >= 15 is 0 Å². The van der Waals surface area contributed by atoms with Gasteiger partial charge in [0.1, 0.15) is 0 Å². The molecule has 0 atom stereocenters. The molecule has 0 unspecified atom stereocenters. The lowest BCUT2D eigenvalue weighted by Gasteiger charge is -2.14. The van der Waals surface area contributed by atoms with Crippen molar-refractivity contribution in [2.24, 2.45) is 0 Å². The first-order chi connectivity index (χ1) is 8.24. The molecule has 1 aromatic rings. The van der Waals surface area contributed by atoms with E-state index in [4.69, 9.17) is 4.74 Å². The number of pyridine rings is 1. The fourth-order valence-corrected chi connectivity index (χ4v) is 1.47. The van der Waals surface area contributed by atoms with Gasteiger partial charge >= 0.3 is 0 Å². The quantitative estimate of drug-likeness (QED) is 0.681. The SMILES string of the molecule is CCNCCCNc1ncccc1OC(C)C. The van der Waals surface area contributed by atoms with Gasteiger partial charge in [0.25, 0.3) is 0 Å². The minimum atomic E-state index is 0.168. The van der Waals surface area contributed by atoms with Gasteiger partial charge in [-0.2, -0.15) is 0 Å². The molecule has 96 valence electrons. The molecule has 4 nitrogen and oxygen atoms in total. The monoisotopic (exact) mass is 237 g/mol. The fourth-order valence-electron chi connectivity index (χ4n) is 1.47. The predicted molar refractivity (Wildman–Crippen MR) is 71.7 cm³/mol. The average Bonchev–Trinajstić information content (AvgIpc) is 2.30. The molecule has 0 amide bonds. The van der Waals surface area contributed by atoms with E-state index in [0.29, 0.717) is 0 Å². The van der Waals surface area contributed by atoms with Crippen LogP contribution in [0.1, 0.15) is 27.2 Å². The molecule has 1 rings (SSSR count). The Morgan fingerprint density at radius 3 is 2.88 bits per heavy atom. The van der Waals surface area contributed by atoms with Gasteiger partial charge in [0, 0.05) is 12.7 Å². The lowest BCUT2D eigenvalue weighted by molar-refractivity contribution is 0.243. The van der Waals surface area contributed by atoms with Crippen molar-refractivity contribution in [1.29, 1.82) is 0 Å². The maximum absolute atomic E-state index is 5.68. The van der Waals surface area contributed by atoms with Crippen molar-refractivity contribution >= 4 is 5.82 Å². The molecule has 0 saturated heterocycles. The van der Waals surface area contributed by atoms with Crippen LogP contribution in [0.2, 0.25) is 0 Å². The molecule has 0 radical (unpaired) electrons. The minimum absolute atomic E-state index is 0.168. The van der Waals surface area contributed by atoms with Gasteiger partial charge in [-0.3, -0.25) is 0 Å². The van der Waals surface area contributed by atoms with Gasteiger partial charge in [-0.1, -0.05) is 6.92 Å². The summed E-state index contributed by atoms with van der Waals surface area (Å²) < 4.78 is 5.68. The first-order valence-electron chi connectivity index (χ1n) is 6.30. The lowest BCUT2D eigenvalue weighted by atomic mass is 10.3. The second-order valence-electron chi connectivity index (χ2n) is 4.15. The topological polar surface area (TPSA) is 46.2 Å². The Bertz CT molecular complexity index is 315. The van der Waals surface area contributed by atoms with E-state index < -0.39 is 0 Å². The van der Waals surface area contributed by atoms with E-state index in [2.05, 4.69) is 22.5 Å². The molecule has 4 heteroatoms. The van der Waals surface area contributed by atoms with E-state index in [-0.39, 0.29) is 6.10 Å². The zero-order chi connectivity index (χ0) is 12.5. The minimum Gasteiger partial charge on any atom is -0.487 e. The average molecular weight is 237 g/mol. The summed E-state index contributed by atoms with van der Waals surface area (Å²) in [5, 5.41) is 6.59. The van der Waals surface area contributed by atoms with E-state index in [1.807, 2.05) is 26.0 Å². The second kappa shape index (κ2) is 7.90. The number of ether oxygens (including phenoxy) is 1. The fraction of sp³-hybridized carbons (Fsp3) is 0.615. The maximum Gasteiger partial charge on any atom is 0.168 e. The normalized spacial score (nSPS) is 10.6. The Hall–Kier alpha value is -1.29. The molecule has 17 heavy (non-hydrogen) atoms. The van der Waals surface area contributed by atoms with E-state index in [0.717, 1.165) is 37.6 Å². The van der Waals surface area contributed by atoms with Gasteiger partial charge in [0.05, 0.1) is 6.10 Å². The van der Waals surface area contributed by atoms with Crippen molar-refractivity contribution in [3.63, 3.8) is 0 Å². The van der Waals surface area contributed by atoms with Crippen molar-refractivity contribution in [1.82, 2.24) is 10.3 Å². The van der Waals surface area contributed by atoms with Crippen LogP contribution in [0.5, 0.6) is 5.75 Å². The Labute approximate surface area is 104 Å². The summed E-state index contributed by atoms with van der Waals surface area (Å²) in [5.74, 6) is 1.66. The van der Waals surface area contributed by atoms with Crippen LogP contribution in [0.3, 0.4) is 0 Å². The van der Waals surface area contributed by atoms with Gasteiger partial charge in [-0.15, -0.1) is 0 Å². The zero-order valence-electron chi connectivity index (χ0n) is 11.0. The van der Waals surface area contributed by atoms with Crippen LogP contribution in [0.15, 0.2) is 18.3 Å². The standard InChI is InChI=1S/C13H23N3O/c1-4-14-8-6-10-16-13-12(17-11(2)3)7-5-9-15-13/h5,7,9,11,14H,4,6,8,10H2,1-3H3,(H,15,16). The highest BCUT2D eigenvalue weighted by molar-refractivity contribution is 5.49.